The van der Waals surface area contributed by atoms with Gasteiger partial charge in [-0.2, -0.15) is 4.31 Å². The Kier molecular flexibility index (Phi) is 5.62. The highest BCUT2D eigenvalue weighted by Crippen LogP contribution is 2.19. The minimum Gasteiger partial charge on any atom is -0.478 e. The van der Waals surface area contributed by atoms with E-state index in [1.54, 1.807) is 17.4 Å². The van der Waals surface area contributed by atoms with Crippen LogP contribution in [0.15, 0.2) is 52.2 Å². The monoisotopic (exact) mass is 392 g/mol. The summed E-state index contributed by atoms with van der Waals surface area (Å²) in [7, 11) is -3.71. The molecule has 1 N–H and O–H groups in total. The van der Waals surface area contributed by atoms with Crippen LogP contribution < -0.4 is 0 Å². The third kappa shape index (κ3) is 4.37. The Labute approximate surface area is 157 Å². The normalized spacial score (nSPS) is 15.6. The number of nitrogens with zero attached hydrogens (tertiary/aromatic N) is 2. The average molecular weight is 392 g/mol. The molecule has 1 aromatic carbocycles. The lowest BCUT2D eigenvalue weighted by Gasteiger charge is -2.34. The number of furan rings is 1. The van der Waals surface area contributed by atoms with Crippen LogP contribution in [0, 0.1) is 0 Å². The Morgan fingerprint density at radius 1 is 1.04 bits per heavy atom. The summed E-state index contributed by atoms with van der Waals surface area (Å²) in [6.07, 6.45) is 4.10. The number of amides is 1. The first-order valence-corrected chi connectivity index (χ1v) is 9.94. The van der Waals surface area contributed by atoms with Gasteiger partial charge in [-0.25, -0.2) is 13.2 Å². The fourth-order valence-electron chi connectivity index (χ4n) is 2.94. The Hall–Kier alpha value is -2.65. The molecule has 3 rings (SSSR count). The highest BCUT2D eigenvalue weighted by atomic mass is 32.2. The van der Waals surface area contributed by atoms with E-state index in [1.165, 1.54) is 28.6 Å². The van der Waals surface area contributed by atoms with E-state index in [-0.39, 0.29) is 29.5 Å². The fraction of sp³-hybridized carbons (Fsp3) is 0.333. The minimum absolute atomic E-state index is 0.0148. The largest absolute Gasteiger partial charge is 0.478 e. The maximum atomic E-state index is 12.7. The van der Waals surface area contributed by atoms with Crippen molar-refractivity contribution < 1.29 is 27.5 Å². The summed E-state index contributed by atoms with van der Waals surface area (Å²) >= 11 is 0. The molecule has 0 atom stereocenters. The van der Waals surface area contributed by atoms with Gasteiger partial charge >= 0.3 is 5.97 Å². The predicted octanol–water partition coefficient (Wildman–Crippen LogP) is 1.44. The topological polar surface area (TPSA) is 108 Å². The Morgan fingerprint density at radius 2 is 1.70 bits per heavy atom. The Morgan fingerprint density at radius 3 is 2.26 bits per heavy atom. The van der Waals surface area contributed by atoms with E-state index in [4.69, 9.17) is 9.52 Å². The van der Waals surface area contributed by atoms with Gasteiger partial charge in [0.15, 0.2) is 0 Å². The van der Waals surface area contributed by atoms with Crippen molar-refractivity contribution in [1.29, 1.82) is 0 Å². The van der Waals surface area contributed by atoms with Crippen LogP contribution in [0.4, 0.5) is 0 Å². The van der Waals surface area contributed by atoms with Crippen molar-refractivity contribution in [3.63, 3.8) is 0 Å². The number of carbonyl (C=O) groups is 2. The number of hydrogen-bond donors (Lipinski definition) is 1. The molecule has 8 nitrogen and oxygen atoms in total. The summed E-state index contributed by atoms with van der Waals surface area (Å²) in [5.41, 5.74) is 0.983. The molecule has 0 aliphatic carbocycles. The summed E-state index contributed by atoms with van der Waals surface area (Å²) in [5.74, 6) is -1.12. The van der Waals surface area contributed by atoms with Gasteiger partial charge in [0.1, 0.15) is 0 Å². The summed E-state index contributed by atoms with van der Waals surface area (Å²) < 4.78 is 31.7. The highest BCUT2D eigenvalue weighted by molar-refractivity contribution is 7.89. The van der Waals surface area contributed by atoms with E-state index in [0.717, 1.165) is 5.56 Å². The quantitative estimate of drug-likeness (QED) is 0.797. The second-order valence-corrected chi connectivity index (χ2v) is 8.18. The third-order valence-corrected chi connectivity index (χ3v) is 6.45. The zero-order valence-electron chi connectivity index (χ0n) is 14.6. The maximum absolute atomic E-state index is 12.7. The number of carbonyl (C=O) groups excluding carboxylic acids is 1. The smallest absolute Gasteiger partial charge is 0.335 e. The molecule has 2 aromatic rings. The molecular formula is C18H20N2O6S. The molecule has 0 spiro atoms. The molecule has 1 saturated heterocycles. The number of aryl methyl sites for hydroxylation is 1. The van der Waals surface area contributed by atoms with Crippen LogP contribution in [-0.4, -0.2) is 60.8 Å². The first-order chi connectivity index (χ1) is 12.9. The van der Waals surface area contributed by atoms with Crippen molar-refractivity contribution in [1.82, 2.24) is 9.21 Å². The zero-order valence-corrected chi connectivity index (χ0v) is 15.4. The highest BCUT2D eigenvalue weighted by Gasteiger charge is 2.30. The molecule has 1 amide bonds. The van der Waals surface area contributed by atoms with E-state index in [1.807, 2.05) is 6.07 Å². The maximum Gasteiger partial charge on any atom is 0.335 e. The van der Waals surface area contributed by atoms with Gasteiger partial charge < -0.3 is 14.4 Å². The minimum atomic E-state index is -3.71. The number of carboxylic acid groups (broad SMARTS) is 1. The molecule has 1 aliphatic rings. The Bertz CT molecular complexity index is 898. The van der Waals surface area contributed by atoms with Crippen molar-refractivity contribution in [2.45, 2.75) is 17.7 Å². The van der Waals surface area contributed by atoms with Crippen LogP contribution in [-0.2, 0) is 21.2 Å². The third-order valence-electron chi connectivity index (χ3n) is 4.54. The number of sulfonamides is 1. The first kappa shape index (κ1) is 19.1. The summed E-state index contributed by atoms with van der Waals surface area (Å²) in [4.78, 5) is 24.9. The van der Waals surface area contributed by atoms with Crippen molar-refractivity contribution in [2.75, 3.05) is 26.2 Å². The van der Waals surface area contributed by atoms with E-state index < -0.39 is 16.0 Å². The summed E-state index contributed by atoms with van der Waals surface area (Å²) in [6, 6.07) is 6.94. The molecule has 9 heteroatoms. The molecule has 1 aromatic heterocycles. The van der Waals surface area contributed by atoms with Gasteiger partial charge in [0, 0.05) is 32.6 Å². The molecular weight excluding hydrogens is 372 g/mol. The van der Waals surface area contributed by atoms with Gasteiger partial charge in [-0.3, -0.25) is 4.79 Å². The van der Waals surface area contributed by atoms with Crippen molar-refractivity contribution in [2.24, 2.45) is 0 Å². The van der Waals surface area contributed by atoms with Crippen LogP contribution in [0.2, 0.25) is 0 Å². The van der Waals surface area contributed by atoms with Gasteiger partial charge in [-0.15, -0.1) is 0 Å². The lowest BCUT2D eigenvalue weighted by molar-refractivity contribution is -0.132. The van der Waals surface area contributed by atoms with Crippen LogP contribution in [0.5, 0.6) is 0 Å². The van der Waals surface area contributed by atoms with E-state index in [2.05, 4.69) is 0 Å². The number of benzene rings is 1. The molecule has 27 heavy (non-hydrogen) atoms. The number of rotatable bonds is 6. The second-order valence-electron chi connectivity index (χ2n) is 6.25. The SMILES string of the molecule is O=C(O)c1ccc(S(=O)(=O)N2CCN(C(=O)CCc3ccoc3)CC2)cc1. The predicted molar refractivity (Wildman–Crippen MR) is 95.8 cm³/mol. The molecule has 144 valence electrons. The molecule has 1 aliphatic heterocycles. The lowest BCUT2D eigenvalue weighted by atomic mass is 10.1. The number of aromatic carboxylic acids is 1. The molecule has 1 fully saturated rings. The van der Waals surface area contributed by atoms with Gasteiger partial charge in [-0.1, -0.05) is 0 Å². The van der Waals surface area contributed by atoms with E-state index >= 15 is 0 Å². The number of piperazine rings is 1. The van der Waals surface area contributed by atoms with Crippen molar-refractivity contribution >= 4 is 21.9 Å². The van der Waals surface area contributed by atoms with Crippen LogP contribution in [0.25, 0.3) is 0 Å². The number of hydrogen-bond acceptors (Lipinski definition) is 5. The van der Waals surface area contributed by atoms with Crippen molar-refractivity contribution in [3.8, 4) is 0 Å². The van der Waals surface area contributed by atoms with Gasteiger partial charge in [0.25, 0.3) is 0 Å². The molecule has 0 bridgehead atoms. The molecule has 0 radical (unpaired) electrons. The zero-order chi connectivity index (χ0) is 19.4. The summed E-state index contributed by atoms with van der Waals surface area (Å²) in [6.45, 7) is 1.08. The molecule has 0 unspecified atom stereocenters. The number of carboxylic acids is 1. The van der Waals surface area contributed by atoms with Crippen molar-refractivity contribution in [3.05, 3.63) is 54.0 Å². The second kappa shape index (κ2) is 7.93. The van der Waals surface area contributed by atoms with Crippen LogP contribution in [0.3, 0.4) is 0 Å². The van der Waals surface area contributed by atoms with Gasteiger partial charge in [0.05, 0.1) is 23.0 Å². The summed E-state index contributed by atoms with van der Waals surface area (Å²) in [5, 5.41) is 8.91. The average Bonchev–Trinajstić information content (AvgIpc) is 3.20. The lowest BCUT2D eigenvalue weighted by Crippen LogP contribution is -2.50. The van der Waals surface area contributed by atoms with E-state index in [9.17, 15) is 18.0 Å². The van der Waals surface area contributed by atoms with Gasteiger partial charge in [0.2, 0.25) is 15.9 Å². The van der Waals surface area contributed by atoms with Gasteiger partial charge in [-0.05, 0) is 42.3 Å². The fourth-order valence-corrected chi connectivity index (χ4v) is 4.36. The van der Waals surface area contributed by atoms with Crippen LogP contribution in [0.1, 0.15) is 22.3 Å². The van der Waals surface area contributed by atoms with Crippen LogP contribution >= 0.6 is 0 Å². The Balaban J connectivity index is 1.57. The molecule has 2 heterocycles. The standard InChI is InChI=1S/C18H20N2O6S/c21-17(6-1-14-7-12-26-13-14)19-8-10-20(11-9-19)27(24,25)16-4-2-15(3-5-16)18(22)23/h2-5,7,12-13H,1,6,8-11H2,(H,22,23). The first-order valence-electron chi connectivity index (χ1n) is 8.50. The molecule has 0 saturated carbocycles. The van der Waals surface area contributed by atoms with E-state index in [0.29, 0.717) is 25.9 Å².